The first-order valence-electron chi connectivity index (χ1n) is 6.12. The molecule has 0 saturated heterocycles. The van der Waals surface area contributed by atoms with Crippen LogP contribution < -0.4 is 10.8 Å². The van der Waals surface area contributed by atoms with Crippen molar-refractivity contribution in [1.29, 1.82) is 0 Å². The molecule has 7 heteroatoms. The number of amides is 1. The van der Waals surface area contributed by atoms with Crippen molar-refractivity contribution in [2.24, 2.45) is 0 Å². The Balaban J connectivity index is 1.89. The lowest BCUT2D eigenvalue weighted by atomic mass is 10.2. The van der Waals surface area contributed by atoms with Crippen LogP contribution >= 0.6 is 11.6 Å². The summed E-state index contributed by atoms with van der Waals surface area (Å²) in [7, 11) is 0. The van der Waals surface area contributed by atoms with E-state index in [1.54, 1.807) is 41.9 Å². The lowest BCUT2D eigenvalue weighted by molar-refractivity contribution is 0.0706. The van der Waals surface area contributed by atoms with Crippen molar-refractivity contribution in [2.75, 3.05) is 5.32 Å². The minimum absolute atomic E-state index is 0.335. The average molecular weight is 303 g/mol. The molecule has 21 heavy (non-hydrogen) atoms. The van der Waals surface area contributed by atoms with Crippen LogP contribution in [0.25, 0.3) is 11.0 Å². The summed E-state index contributed by atoms with van der Waals surface area (Å²) in [6.45, 7) is 0. The van der Waals surface area contributed by atoms with Gasteiger partial charge >= 0.3 is 0 Å². The van der Waals surface area contributed by atoms with Gasteiger partial charge in [-0.3, -0.25) is 10.0 Å². The summed E-state index contributed by atoms with van der Waals surface area (Å²) >= 11 is 5.92. The number of fused-ring (bicyclic) bond motifs is 1. The average Bonchev–Trinajstić information content (AvgIpc) is 2.88. The van der Waals surface area contributed by atoms with E-state index in [2.05, 4.69) is 15.3 Å². The summed E-state index contributed by atoms with van der Waals surface area (Å²) in [5.74, 6) is -0.0381. The topological polar surface area (TPSA) is 90.0 Å². The summed E-state index contributed by atoms with van der Waals surface area (Å²) in [6.07, 6.45) is 0. The zero-order valence-corrected chi connectivity index (χ0v) is 11.5. The fraction of sp³-hybridized carbons (Fsp3) is 0. The third-order valence-electron chi connectivity index (χ3n) is 2.93. The molecule has 0 atom stereocenters. The number of benzene rings is 2. The highest BCUT2D eigenvalue weighted by atomic mass is 35.5. The van der Waals surface area contributed by atoms with Gasteiger partial charge in [-0.1, -0.05) is 17.7 Å². The van der Waals surface area contributed by atoms with Gasteiger partial charge in [0.05, 0.1) is 11.0 Å². The molecule has 2 aromatic carbocycles. The molecule has 106 valence electrons. The third kappa shape index (κ3) is 2.81. The number of carbonyl (C=O) groups excluding carboxylic acids is 1. The first-order valence-corrected chi connectivity index (χ1v) is 6.50. The van der Waals surface area contributed by atoms with Gasteiger partial charge in [0.2, 0.25) is 5.95 Å². The van der Waals surface area contributed by atoms with E-state index >= 15 is 0 Å². The molecule has 0 aliphatic rings. The van der Waals surface area contributed by atoms with Gasteiger partial charge in [0.1, 0.15) is 0 Å². The Bertz CT molecular complexity index is 816. The third-order valence-corrected chi connectivity index (χ3v) is 3.17. The van der Waals surface area contributed by atoms with Crippen molar-refractivity contribution in [3.8, 4) is 0 Å². The maximum atomic E-state index is 11.4. The summed E-state index contributed by atoms with van der Waals surface area (Å²) in [5.41, 5.74) is 4.20. The predicted molar refractivity (Wildman–Crippen MR) is 80.1 cm³/mol. The maximum Gasteiger partial charge on any atom is 0.274 e. The van der Waals surface area contributed by atoms with E-state index in [0.717, 1.165) is 11.0 Å². The molecule has 0 saturated carbocycles. The van der Waals surface area contributed by atoms with E-state index < -0.39 is 5.91 Å². The largest absolute Gasteiger partial charge is 0.326 e. The predicted octanol–water partition coefficient (Wildman–Crippen LogP) is 3.08. The number of nitrogens with zero attached hydrogens (tertiary/aromatic N) is 1. The monoisotopic (exact) mass is 302 g/mol. The zero-order valence-electron chi connectivity index (χ0n) is 10.7. The molecule has 0 radical (unpaired) electrons. The summed E-state index contributed by atoms with van der Waals surface area (Å²) < 4.78 is 0. The van der Waals surface area contributed by atoms with Gasteiger partial charge in [0, 0.05) is 16.3 Å². The first-order chi connectivity index (χ1) is 10.2. The molecule has 1 aromatic heterocycles. The van der Waals surface area contributed by atoms with E-state index in [1.165, 1.54) is 0 Å². The van der Waals surface area contributed by atoms with Gasteiger partial charge in [0.25, 0.3) is 5.91 Å². The molecule has 6 nitrogen and oxygen atoms in total. The molecule has 0 bridgehead atoms. The Morgan fingerprint density at radius 2 is 2.10 bits per heavy atom. The minimum atomic E-state index is -0.574. The molecule has 0 fully saturated rings. The van der Waals surface area contributed by atoms with Crippen LogP contribution in [0.3, 0.4) is 0 Å². The lowest BCUT2D eigenvalue weighted by Gasteiger charge is -2.04. The van der Waals surface area contributed by atoms with Crippen molar-refractivity contribution in [1.82, 2.24) is 15.4 Å². The summed E-state index contributed by atoms with van der Waals surface area (Å²) in [4.78, 5) is 18.8. The molecule has 1 amide bonds. The van der Waals surface area contributed by atoms with Gasteiger partial charge in [-0.05, 0) is 36.4 Å². The van der Waals surface area contributed by atoms with Crippen LogP contribution in [0.4, 0.5) is 11.6 Å². The van der Waals surface area contributed by atoms with Crippen molar-refractivity contribution < 1.29 is 10.0 Å². The molecule has 0 unspecified atom stereocenters. The molecule has 0 aliphatic carbocycles. The molecule has 0 aliphatic heterocycles. The molecule has 0 spiro atoms. The number of halogens is 1. The van der Waals surface area contributed by atoms with E-state index in [9.17, 15) is 4.79 Å². The quantitative estimate of drug-likeness (QED) is 0.442. The van der Waals surface area contributed by atoms with Crippen molar-refractivity contribution in [3.63, 3.8) is 0 Å². The Hall–Kier alpha value is -2.57. The Morgan fingerprint density at radius 1 is 1.24 bits per heavy atom. The molecule has 3 aromatic rings. The molecule has 3 rings (SSSR count). The van der Waals surface area contributed by atoms with Crippen LogP contribution in [-0.2, 0) is 0 Å². The van der Waals surface area contributed by atoms with Crippen molar-refractivity contribution >= 4 is 40.2 Å². The number of aromatic nitrogens is 2. The molecule has 4 N–H and O–H groups in total. The van der Waals surface area contributed by atoms with E-state index in [0.29, 0.717) is 22.2 Å². The Kier molecular flexibility index (Phi) is 3.47. The summed E-state index contributed by atoms with van der Waals surface area (Å²) in [6, 6.07) is 12.1. The van der Waals surface area contributed by atoms with Gasteiger partial charge in [-0.2, -0.15) is 0 Å². The molecular weight excluding hydrogens is 292 g/mol. The van der Waals surface area contributed by atoms with Crippen LogP contribution in [-0.4, -0.2) is 21.1 Å². The highest BCUT2D eigenvalue weighted by Crippen LogP contribution is 2.21. The van der Waals surface area contributed by atoms with Crippen LogP contribution in [0.2, 0.25) is 5.02 Å². The first kappa shape index (κ1) is 13.4. The Morgan fingerprint density at radius 3 is 2.90 bits per heavy atom. The smallest absolute Gasteiger partial charge is 0.274 e. The standard InChI is InChI=1S/C14H11ClN4O2/c15-9-4-5-11-12(7-9)18-14(17-11)16-10-3-1-2-8(6-10)13(20)19-21/h1-7,21H,(H,19,20)(H2,16,17,18). The van der Waals surface area contributed by atoms with Crippen LogP contribution in [0.15, 0.2) is 42.5 Å². The minimum Gasteiger partial charge on any atom is -0.326 e. The number of aromatic amines is 1. The number of hydroxylamine groups is 1. The van der Waals surface area contributed by atoms with Gasteiger partial charge < -0.3 is 10.3 Å². The Labute approximate surface area is 124 Å². The fourth-order valence-electron chi connectivity index (χ4n) is 1.98. The number of H-pyrrole nitrogens is 1. The highest BCUT2D eigenvalue weighted by Gasteiger charge is 2.07. The second-order valence-corrected chi connectivity index (χ2v) is 4.83. The van der Waals surface area contributed by atoms with Crippen molar-refractivity contribution in [3.05, 3.63) is 53.1 Å². The van der Waals surface area contributed by atoms with Gasteiger partial charge in [0.15, 0.2) is 0 Å². The fourth-order valence-corrected chi connectivity index (χ4v) is 2.14. The lowest BCUT2D eigenvalue weighted by Crippen LogP contribution is -2.18. The molecule has 1 heterocycles. The SMILES string of the molecule is O=C(NO)c1cccc(Nc2nc3cc(Cl)ccc3[nH]2)c1. The van der Waals surface area contributed by atoms with Gasteiger partial charge in [-0.15, -0.1) is 0 Å². The van der Waals surface area contributed by atoms with Crippen LogP contribution in [0, 0.1) is 0 Å². The van der Waals surface area contributed by atoms with Crippen molar-refractivity contribution in [2.45, 2.75) is 0 Å². The molecular formula is C14H11ClN4O2. The zero-order chi connectivity index (χ0) is 14.8. The maximum absolute atomic E-state index is 11.4. The number of hydrogen-bond acceptors (Lipinski definition) is 4. The number of carbonyl (C=O) groups is 1. The van der Waals surface area contributed by atoms with Crippen LogP contribution in [0.5, 0.6) is 0 Å². The number of imidazole rings is 1. The van der Waals surface area contributed by atoms with Crippen LogP contribution in [0.1, 0.15) is 10.4 Å². The van der Waals surface area contributed by atoms with E-state index in [1.807, 2.05) is 6.07 Å². The number of hydrogen-bond donors (Lipinski definition) is 4. The van der Waals surface area contributed by atoms with Gasteiger partial charge in [-0.25, -0.2) is 10.5 Å². The number of nitrogens with one attached hydrogen (secondary N) is 3. The number of anilines is 2. The normalized spacial score (nSPS) is 10.6. The number of rotatable bonds is 3. The second-order valence-electron chi connectivity index (χ2n) is 4.39. The van der Waals surface area contributed by atoms with E-state index in [4.69, 9.17) is 16.8 Å². The second kappa shape index (κ2) is 5.43. The summed E-state index contributed by atoms with van der Waals surface area (Å²) in [5, 5.41) is 12.3. The highest BCUT2D eigenvalue weighted by molar-refractivity contribution is 6.31. The van der Waals surface area contributed by atoms with E-state index in [-0.39, 0.29) is 0 Å².